The summed E-state index contributed by atoms with van der Waals surface area (Å²) in [5.41, 5.74) is 2.78. The minimum Gasteiger partial charge on any atom is -0.367 e. The fourth-order valence-electron chi connectivity index (χ4n) is 3.24. The zero-order chi connectivity index (χ0) is 12.4. The van der Waals surface area contributed by atoms with Crippen LogP contribution in [-0.2, 0) is 12.8 Å². The number of hydrogen-bond acceptors (Lipinski definition) is 3. The van der Waals surface area contributed by atoms with Crippen molar-refractivity contribution in [2.45, 2.75) is 57.0 Å². The van der Waals surface area contributed by atoms with Gasteiger partial charge in [-0.15, -0.1) is 0 Å². The highest BCUT2D eigenvalue weighted by molar-refractivity contribution is 5.41. The van der Waals surface area contributed by atoms with E-state index in [1.165, 1.54) is 49.8 Å². The molecule has 1 saturated carbocycles. The molecule has 2 aliphatic rings. The Kier molecular flexibility index (Phi) is 3.50. The van der Waals surface area contributed by atoms with Crippen molar-refractivity contribution in [1.82, 2.24) is 10.3 Å². The number of rotatable bonds is 3. The fraction of sp³-hybridized carbons (Fsp3) is 0.667. The third-order valence-corrected chi connectivity index (χ3v) is 4.42. The van der Waals surface area contributed by atoms with Crippen molar-refractivity contribution in [2.24, 2.45) is 0 Å². The lowest BCUT2D eigenvalue weighted by Gasteiger charge is -2.29. The standard InChI is InChI=1S/C15H23N3/c1-16-12-6-8-13(9-7-12)17-15-10-5-11-3-2-4-14(11)18-15/h5,10,12-13,16H,2-4,6-9H2,1H3,(H,17,18). The van der Waals surface area contributed by atoms with Gasteiger partial charge in [0.1, 0.15) is 5.82 Å². The molecule has 2 aliphatic carbocycles. The average Bonchev–Trinajstić information content (AvgIpc) is 2.87. The van der Waals surface area contributed by atoms with Crippen LogP contribution >= 0.6 is 0 Å². The van der Waals surface area contributed by atoms with E-state index in [4.69, 9.17) is 4.98 Å². The zero-order valence-electron chi connectivity index (χ0n) is 11.2. The van der Waals surface area contributed by atoms with Crippen molar-refractivity contribution >= 4 is 5.82 Å². The van der Waals surface area contributed by atoms with Crippen molar-refractivity contribution in [3.63, 3.8) is 0 Å². The molecule has 3 nitrogen and oxygen atoms in total. The molecule has 1 heterocycles. The molecular weight excluding hydrogens is 222 g/mol. The van der Waals surface area contributed by atoms with E-state index >= 15 is 0 Å². The largest absolute Gasteiger partial charge is 0.367 e. The molecule has 1 aromatic heterocycles. The summed E-state index contributed by atoms with van der Waals surface area (Å²) in [7, 11) is 2.07. The van der Waals surface area contributed by atoms with Gasteiger partial charge < -0.3 is 10.6 Å². The molecule has 0 amide bonds. The third kappa shape index (κ3) is 2.51. The van der Waals surface area contributed by atoms with Crippen LogP contribution in [0.25, 0.3) is 0 Å². The van der Waals surface area contributed by atoms with Crippen LogP contribution in [0.5, 0.6) is 0 Å². The van der Waals surface area contributed by atoms with Crippen LogP contribution in [0.2, 0.25) is 0 Å². The van der Waals surface area contributed by atoms with Gasteiger partial charge in [0.25, 0.3) is 0 Å². The first-order valence-electron chi connectivity index (χ1n) is 7.28. The lowest BCUT2D eigenvalue weighted by molar-refractivity contribution is 0.371. The van der Waals surface area contributed by atoms with Crippen LogP contribution in [0.4, 0.5) is 5.82 Å². The molecule has 1 aromatic rings. The highest BCUT2D eigenvalue weighted by Crippen LogP contribution is 2.24. The first-order valence-corrected chi connectivity index (χ1v) is 7.28. The zero-order valence-corrected chi connectivity index (χ0v) is 11.2. The van der Waals surface area contributed by atoms with Gasteiger partial charge in [-0.3, -0.25) is 0 Å². The molecule has 0 aromatic carbocycles. The van der Waals surface area contributed by atoms with Gasteiger partial charge in [0.2, 0.25) is 0 Å². The summed E-state index contributed by atoms with van der Waals surface area (Å²) < 4.78 is 0. The molecule has 0 spiro atoms. The number of fused-ring (bicyclic) bond motifs is 1. The van der Waals surface area contributed by atoms with Crippen LogP contribution in [0.3, 0.4) is 0 Å². The third-order valence-electron chi connectivity index (χ3n) is 4.42. The van der Waals surface area contributed by atoms with Crippen LogP contribution in [0.15, 0.2) is 12.1 Å². The molecule has 18 heavy (non-hydrogen) atoms. The van der Waals surface area contributed by atoms with Crippen molar-refractivity contribution < 1.29 is 0 Å². The summed E-state index contributed by atoms with van der Waals surface area (Å²) >= 11 is 0. The predicted octanol–water partition coefficient (Wildman–Crippen LogP) is 2.51. The SMILES string of the molecule is CNC1CCC(Nc2ccc3c(n2)CCC3)CC1. The maximum atomic E-state index is 4.76. The second-order valence-electron chi connectivity index (χ2n) is 5.64. The van der Waals surface area contributed by atoms with Crippen LogP contribution in [0.1, 0.15) is 43.4 Å². The molecule has 0 aliphatic heterocycles. The van der Waals surface area contributed by atoms with Gasteiger partial charge in [-0.1, -0.05) is 6.07 Å². The van der Waals surface area contributed by atoms with Crippen LogP contribution in [0, 0.1) is 0 Å². The van der Waals surface area contributed by atoms with E-state index in [1.807, 2.05) is 0 Å². The van der Waals surface area contributed by atoms with E-state index in [1.54, 1.807) is 0 Å². The number of nitrogens with zero attached hydrogens (tertiary/aromatic N) is 1. The summed E-state index contributed by atoms with van der Waals surface area (Å²) in [4.78, 5) is 4.76. The molecule has 1 fully saturated rings. The molecule has 0 unspecified atom stereocenters. The Morgan fingerprint density at radius 2 is 1.83 bits per heavy atom. The van der Waals surface area contributed by atoms with Crippen LogP contribution in [-0.4, -0.2) is 24.1 Å². The van der Waals surface area contributed by atoms with E-state index in [0.29, 0.717) is 6.04 Å². The normalized spacial score (nSPS) is 26.9. The van der Waals surface area contributed by atoms with Crippen molar-refractivity contribution in [3.05, 3.63) is 23.4 Å². The first-order chi connectivity index (χ1) is 8.85. The molecule has 2 N–H and O–H groups in total. The van der Waals surface area contributed by atoms with Crippen molar-refractivity contribution in [3.8, 4) is 0 Å². The second-order valence-corrected chi connectivity index (χ2v) is 5.64. The number of hydrogen-bond donors (Lipinski definition) is 2. The lowest BCUT2D eigenvalue weighted by Crippen LogP contribution is -2.35. The number of aromatic nitrogens is 1. The van der Waals surface area contributed by atoms with Gasteiger partial charge in [0.15, 0.2) is 0 Å². The molecule has 3 rings (SSSR count). The predicted molar refractivity (Wildman–Crippen MR) is 75.0 cm³/mol. The molecule has 0 saturated heterocycles. The van der Waals surface area contributed by atoms with Crippen molar-refractivity contribution in [1.29, 1.82) is 0 Å². The van der Waals surface area contributed by atoms with E-state index < -0.39 is 0 Å². The molecular formula is C15H23N3. The average molecular weight is 245 g/mol. The van der Waals surface area contributed by atoms with Gasteiger partial charge in [-0.05, 0) is 63.6 Å². The monoisotopic (exact) mass is 245 g/mol. The Morgan fingerprint density at radius 3 is 2.61 bits per heavy atom. The molecule has 0 bridgehead atoms. The van der Waals surface area contributed by atoms with Gasteiger partial charge in [0.05, 0.1) is 0 Å². The quantitative estimate of drug-likeness (QED) is 0.859. The summed E-state index contributed by atoms with van der Waals surface area (Å²) in [6.45, 7) is 0. The van der Waals surface area contributed by atoms with Gasteiger partial charge in [-0.25, -0.2) is 4.98 Å². The Hall–Kier alpha value is -1.09. The second kappa shape index (κ2) is 5.27. The highest BCUT2D eigenvalue weighted by atomic mass is 15.0. The van der Waals surface area contributed by atoms with Gasteiger partial charge in [-0.2, -0.15) is 0 Å². The maximum absolute atomic E-state index is 4.76. The lowest BCUT2D eigenvalue weighted by atomic mass is 9.91. The van der Waals surface area contributed by atoms with Gasteiger partial charge in [0, 0.05) is 17.8 Å². The van der Waals surface area contributed by atoms with E-state index in [2.05, 4.69) is 29.8 Å². The summed E-state index contributed by atoms with van der Waals surface area (Å²) in [5, 5.41) is 7.00. The number of nitrogens with one attached hydrogen (secondary N) is 2. The minimum absolute atomic E-state index is 0.613. The summed E-state index contributed by atoms with van der Waals surface area (Å²) in [6.07, 6.45) is 8.72. The Labute approximate surface area is 109 Å². The highest BCUT2D eigenvalue weighted by Gasteiger charge is 2.20. The Bertz CT molecular complexity index is 408. The minimum atomic E-state index is 0.613. The molecule has 3 heteroatoms. The summed E-state index contributed by atoms with van der Waals surface area (Å²) in [6, 6.07) is 5.75. The Morgan fingerprint density at radius 1 is 1.06 bits per heavy atom. The van der Waals surface area contributed by atoms with E-state index in [-0.39, 0.29) is 0 Å². The topological polar surface area (TPSA) is 37.0 Å². The van der Waals surface area contributed by atoms with Crippen molar-refractivity contribution in [2.75, 3.05) is 12.4 Å². The first kappa shape index (κ1) is 12.0. The van der Waals surface area contributed by atoms with E-state index in [9.17, 15) is 0 Å². The molecule has 98 valence electrons. The van der Waals surface area contributed by atoms with Crippen LogP contribution < -0.4 is 10.6 Å². The summed E-state index contributed by atoms with van der Waals surface area (Å²) in [5.74, 6) is 1.09. The van der Waals surface area contributed by atoms with Gasteiger partial charge >= 0.3 is 0 Å². The molecule has 0 atom stereocenters. The number of aryl methyl sites for hydroxylation is 2. The Balaban J connectivity index is 1.60. The fourth-order valence-corrected chi connectivity index (χ4v) is 3.24. The molecule has 0 radical (unpaired) electrons. The maximum Gasteiger partial charge on any atom is 0.126 e. The number of anilines is 1. The van der Waals surface area contributed by atoms with E-state index in [0.717, 1.165) is 18.3 Å². The smallest absolute Gasteiger partial charge is 0.126 e. The number of pyridine rings is 1.